The van der Waals surface area contributed by atoms with Gasteiger partial charge in [0, 0.05) is 39.7 Å². The number of hydrogen-bond donors (Lipinski definition) is 3. The highest BCUT2D eigenvalue weighted by molar-refractivity contribution is 6.30. The number of halogens is 5. The van der Waals surface area contributed by atoms with Gasteiger partial charge in [-0.3, -0.25) is 18.9 Å². The largest absolute Gasteiger partial charge is 0.480 e. The number of nitrogens with two attached hydrogens (primary N) is 1. The Morgan fingerprint density at radius 1 is 1.23 bits per heavy atom. The molecule has 5 nitrogen and oxygen atoms in total. The van der Waals surface area contributed by atoms with Gasteiger partial charge in [-0.2, -0.15) is 0 Å². The van der Waals surface area contributed by atoms with Gasteiger partial charge >= 0.3 is 5.97 Å². The number of carboxylic acid groups (broad SMARTS) is 1. The molecule has 166 valence electrons. The first-order valence-electron chi connectivity index (χ1n) is 9.64. The van der Waals surface area contributed by atoms with E-state index in [4.69, 9.17) is 28.9 Å². The van der Waals surface area contributed by atoms with Gasteiger partial charge in [0.2, 0.25) is 0 Å². The summed E-state index contributed by atoms with van der Waals surface area (Å²) in [6.45, 7) is -1.76. The summed E-state index contributed by atoms with van der Waals surface area (Å²) in [6, 6.07) is 4.90. The van der Waals surface area contributed by atoms with Gasteiger partial charge in [-0.15, -0.1) is 0 Å². The number of alkyl halides is 2. The molecule has 1 aromatic carbocycles. The fourth-order valence-electron chi connectivity index (χ4n) is 5.44. The first kappa shape index (κ1) is 22.2. The molecule has 10 heteroatoms. The van der Waals surface area contributed by atoms with Crippen molar-refractivity contribution in [3.63, 3.8) is 0 Å². The van der Waals surface area contributed by atoms with Gasteiger partial charge in [0.15, 0.2) is 11.0 Å². The van der Waals surface area contributed by atoms with Crippen LogP contribution in [-0.4, -0.2) is 41.0 Å². The van der Waals surface area contributed by atoms with E-state index in [-0.39, 0.29) is 29.2 Å². The number of rotatable bonds is 5. The summed E-state index contributed by atoms with van der Waals surface area (Å²) < 4.78 is 42.4. The van der Waals surface area contributed by atoms with Crippen molar-refractivity contribution in [1.82, 2.24) is 10.3 Å². The minimum atomic E-state index is -1.23. The van der Waals surface area contributed by atoms with Gasteiger partial charge < -0.3 is 10.8 Å². The van der Waals surface area contributed by atoms with Crippen LogP contribution < -0.4 is 11.1 Å². The molecule has 2 aliphatic rings. The normalized spacial score (nSPS) is 26.0. The van der Waals surface area contributed by atoms with E-state index < -0.39 is 54.0 Å². The van der Waals surface area contributed by atoms with Crippen LogP contribution in [0.3, 0.4) is 0 Å². The lowest BCUT2D eigenvalue weighted by Gasteiger charge is -2.56. The van der Waals surface area contributed by atoms with Gasteiger partial charge in [0.1, 0.15) is 6.04 Å². The average Bonchev–Trinajstić information content (AvgIpc) is 3.04. The molecule has 2 heterocycles. The quantitative estimate of drug-likeness (QED) is 0.439. The molecule has 1 saturated carbocycles. The maximum absolute atomic E-state index is 15.0. The number of hydrogen-bond acceptors (Lipinski definition) is 4. The molecule has 2 aromatic rings. The van der Waals surface area contributed by atoms with E-state index in [2.05, 4.69) is 10.3 Å². The third kappa shape index (κ3) is 3.45. The SMILES string of the molecule is Nc1cc(Cl)ccc1[C@H]1C(c2ccnc(Cl)c2F)[C@H](C(=O)O)NC12CC(CF)(CF)C2. The second-order valence-corrected chi connectivity index (χ2v) is 9.31. The van der Waals surface area contributed by atoms with Gasteiger partial charge in [-0.1, -0.05) is 29.3 Å². The molecule has 2 fully saturated rings. The van der Waals surface area contributed by atoms with E-state index in [1.165, 1.54) is 18.3 Å². The van der Waals surface area contributed by atoms with Gasteiger partial charge in [0.25, 0.3) is 0 Å². The van der Waals surface area contributed by atoms with Crippen molar-refractivity contribution in [2.24, 2.45) is 5.41 Å². The predicted octanol–water partition coefficient (Wildman–Crippen LogP) is 4.49. The molecule has 1 aromatic heterocycles. The summed E-state index contributed by atoms with van der Waals surface area (Å²) in [7, 11) is 0. The molecule has 0 bridgehead atoms. The minimum absolute atomic E-state index is 0.0421. The van der Waals surface area contributed by atoms with E-state index in [0.29, 0.717) is 10.6 Å². The van der Waals surface area contributed by atoms with Gasteiger partial charge in [-0.05, 0) is 42.2 Å². The number of carboxylic acids is 1. The van der Waals surface area contributed by atoms with E-state index in [0.717, 1.165) is 0 Å². The molecule has 1 unspecified atom stereocenters. The van der Waals surface area contributed by atoms with E-state index in [1.807, 2.05) is 0 Å². The minimum Gasteiger partial charge on any atom is -0.480 e. The summed E-state index contributed by atoms with van der Waals surface area (Å²) in [5, 5.41) is 13.0. The third-order valence-electron chi connectivity index (χ3n) is 6.59. The lowest BCUT2D eigenvalue weighted by atomic mass is 9.52. The Morgan fingerprint density at radius 2 is 1.90 bits per heavy atom. The molecule has 1 aliphatic carbocycles. The molecule has 1 spiro atoms. The van der Waals surface area contributed by atoms with Crippen molar-refractivity contribution in [3.05, 3.63) is 57.6 Å². The Morgan fingerprint density at radius 3 is 2.48 bits per heavy atom. The molecule has 31 heavy (non-hydrogen) atoms. The molecule has 0 amide bonds. The Labute approximate surface area is 186 Å². The van der Waals surface area contributed by atoms with Crippen molar-refractivity contribution in [2.45, 2.75) is 36.3 Å². The van der Waals surface area contributed by atoms with Crippen LogP contribution in [0, 0.1) is 11.2 Å². The number of anilines is 1. The fourth-order valence-corrected chi connectivity index (χ4v) is 5.79. The maximum atomic E-state index is 15.0. The lowest BCUT2D eigenvalue weighted by molar-refractivity contribution is -0.140. The second-order valence-electron chi connectivity index (χ2n) is 8.52. The molecule has 4 N–H and O–H groups in total. The number of nitrogens with one attached hydrogen (secondary N) is 1. The van der Waals surface area contributed by atoms with E-state index in [9.17, 15) is 18.7 Å². The highest BCUT2D eigenvalue weighted by atomic mass is 35.5. The molecule has 0 radical (unpaired) electrons. The van der Waals surface area contributed by atoms with Crippen molar-refractivity contribution < 1.29 is 23.1 Å². The third-order valence-corrected chi connectivity index (χ3v) is 7.09. The first-order valence-corrected chi connectivity index (χ1v) is 10.4. The number of carbonyl (C=O) groups is 1. The van der Waals surface area contributed by atoms with Crippen molar-refractivity contribution in [1.29, 1.82) is 0 Å². The van der Waals surface area contributed by atoms with Crippen LogP contribution in [0.4, 0.5) is 18.9 Å². The van der Waals surface area contributed by atoms with E-state index >= 15 is 4.39 Å². The molecule has 1 aliphatic heterocycles. The summed E-state index contributed by atoms with van der Waals surface area (Å²) in [4.78, 5) is 15.9. The van der Waals surface area contributed by atoms with Crippen molar-refractivity contribution >= 4 is 34.9 Å². The zero-order valence-electron chi connectivity index (χ0n) is 16.2. The number of aliphatic carboxylic acids is 1. The zero-order chi connectivity index (χ0) is 22.6. The molecule has 1 saturated heterocycles. The van der Waals surface area contributed by atoms with Crippen molar-refractivity contribution in [2.75, 3.05) is 19.1 Å². The van der Waals surface area contributed by atoms with Crippen LogP contribution in [0.5, 0.6) is 0 Å². The van der Waals surface area contributed by atoms with Gasteiger partial charge in [0.05, 0.1) is 13.3 Å². The van der Waals surface area contributed by atoms with Crippen LogP contribution in [-0.2, 0) is 4.79 Å². The zero-order valence-corrected chi connectivity index (χ0v) is 17.7. The van der Waals surface area contributed by atoms with Crippen LogP contribution >= 0.6 is 23.2 Å². The van der Waals surface area contributed by atoms with Crippen LogP contribution in [0.2, 0.25) is 10.2 Å². The van der Waals surface area contributed by atoms with Gasteiger partial charge in [-0.25, -0.2) is 9.37 Å². The molecule has 4 rings (SSSR count). The van der Waals surface area contributed by atoms with Crippen LogP contribution in [0.25, 0.3) is 0 Å². The Hall–Kier alpha value is -2.03. The van der Waals surface area contributed by atoms with Crippen molar-refractivity contribution in [3.8, 4) is 0 Å². The molecule has 3 atom stereocenters. The maximum Gasteiger partial charge on any atom is 0.321 e. The highest BCUT2D eigenvalue weighted by Crippen LogP contribution is 2.63. The van der Waals surface area contributed by atoms with Crippen LogP contribution in [0.15, 0.2) is 30.5 Å². The summed E-state index contributed by atoms with van der Waals surface area (Å²) >= 11 is 11.9. The molecular weight excluding hydrogens is 454 g/mol. The standard InChI is InChI=1S/C21H20Cl2F3N3O2/c22-10-1-2-11(13(27)5-10)15-14(12-3-4-28-18(23)16(12)26)17(19(30)31)29-21(15)6-20(7-21,8-24)9-25/h1-5,14-15,17,29H,6-9,27H2,(H,30,31)/t14?,15-,17+/m0/s1. The number of aromatic nitrogens is 1. The van der Waals surface area contributed by atoms with Crippen LogP contribution in [0.1, 0.15) is 35.8 Å². The number of pyridine rings is 1. The number of benzene rings is 1. The summed E-state index contributed by atoms with van der Waals surface area (Å²) in [5.74, 6) is -3.69. The number of nitrogen functional groups attached to an aromatic ring is 1. The fraction of sp³-hybridized carbons (Fsp3) is 0.429. The topological polar surface area (TPSA) is 88.2 Å². The highest BCUT2D eigenvalue weighted by Gasteiger charge is 2.66. The predicted molar refractivity (Wildman–Crippen MR) is 111 cm³/mol. The number of nitrogens with zero attached hydrogens (tertiary/aromatic N) is 1. The molecular formula is C21H20Cl2F3N3O2. The average molecular weight is 474 g/mol. The first-order chi connectivity index (χ1) is 14.7. The Kier molecular flexibility index (Phi) is 5.60. The Balaban J connectivity index is 1.92. The van der Waals surface area contributed by atoms with E-state index in [1.54, 1.807) is 12.1 Å². The second kappa shape index (κ2) is 7.83. The lowest BCUT2D eigenvalue weighted by Crippen LogP contribution is -2.63. The monoisotopic (exact) mass is 473 g/mol. The Bertz CT molecular complexity index is 1030. The summed E-state index contributed by atoms with van der Waals surface area (Å²) in [6.07, 6.45) is 1.38. The smallest absolute Gasteiger partial charge is 0.321 e. The summed E-state index contributed by atoms with van der Waals surface area (Å²) in [5.41, 5.74) is 4.89.